The fourth-order valence-electron chi connectivity index (χ4n) is 4.22. The third-order valence-corrected chi connectivity index (χ3v) is 5.86. The van der Waals surface area contributed by atoms with Crippen LogP contribution in [0.1, 0.15) is 82.3 Å². The lowest BCUT2D eigenvalue weighted by Crippen LogP contribution is -2.14. The van der Waals surface area contributed by atoms with Crippen LogP contribution in [0.15, 0.2) is 36.2 Å². The summed E-state index contributed by atoms with van der Waals surface area (Å²) in [5.41, 5.74) is 2.94. The standard InChI is InChI=1S/C24H34FN/c1-2-6-20-11-13-21(14-12-20)7-3-4-8-22-15-17-23(18-16-22)9-5-10-24(25)19-26/h10-14,22-23H,2-9,15-18H2,1H3/b24-10-. The van der Waals surface area contributed by atoms with Crippen LogP contribution in [0.25, 0.3) is 0 Å². The van der Waals surface area contributed by atoms with Gasteiger partial charge >= 0.3 is 0 Å². The van der Waals surface area contributed by atoms with Crippen molar-refractivity contribution in [1.29, 1.82) is 5.26 Å². The second-order valence-electron chi connectivity index (χ2n) is 7.94. The second-order valence-corrected chi connectivity index (χ2v) is 7.94. The number of halogens is 1. The van der Waals surface area contributed by atoms with Gasteiger partial charge < -0.3 is 0 Å². The van der Waals surface area contributed by atoms with Gasteiger partial charge in [0, 0.05) is 0 Å². The third kappa shape index (κ3) is 7.73. The maximum atomic E-state index is 12.8. The van der Waals surface area contributed by atoms with Crippen LogP contribution in [0.5, 0.6) is 0 Å². The Balaban J connectivity index is 1.55. The molecule has 1 aliphatic carbocycles. The van der Waals surface area contributed by atoms with Crippen LogP contribution in [0.2, 0.25) is 0 Å². The lowest BCUT2D eigenvalue weighted by molar-refractivity contribution is 0.250. The summed E-state index contributed by atoms with van der Waals surface area (Å²) in [7, 11) is 0. The van der Waals surface area contributed by atoms with Gasteiger partial charge in [-0.05, 0) is 61.1 Å². The molecule has 0 N–H and O–H groups in total. The zero-order valence-corrected chi connectivity index (χ0v) is 16.4. The zero-order chi connectivity index (χ0) is 18.6. The van der Waals surface area contributed by atoms with E-state index in [1.807, 2.05) is 0 Å². The minimum Gasteiger partial charge on any atom is -0.195 e. The van der Waals surface area contributed by atoms with Gasteiger partial charge in [-0.2, -0.15) is 9.65 Å². The molecule has 1 aromatic carbocycles. The SMILES string of the molecule is CCCc1ccc(CCCCC2CCC(CC/C=C(\F)C#N)CC2)cc1. The predicted molar refractivity (Wildman–Crippen MR) is 107 cm³/mol. The number of aryl methyl sites for hydroxylation is 2. The first kappa shape index (κ1) is 20.7. The highest BCUT2D eigenvalue weighted by Gasteiger charge is 2.20. The summed E-state index contributed by atoms with van der Waals surface area (Å²) in [6, 6.07) is 10.7. The minimum absolute atomic E-state index is 0.626. The Morgan fingerprint density at radius 2 is 1.58 bits per heavy atom. The van der Waals surface area contributed by atoms with Gasteiger partial charge in [0.2, 0.25) is 0 Å². The number of benzene rings is 1. The molecule has 1 aromatic rings. The molecule has 0 atom stereocenters. The fraction of sp³-hybridized carbons (Fsp3) is 0.625. The van der Waals surface area contributed by atoms with E-state index in [4.69, 9.17) is 5.26 Å². The maximum absolute atomic E-state index is 12.8. The van der Waals surface area contributed by atoms with Gasteiger partial charge in [-0.1, -0.05) is 76.1 Å². The van der Waals surface area contributed by atoms with Gasteiger partial charge in [-0.25, -0.2) is 0 Å². The highest BCUT2D eigenvalue weighted by molar-refractivity contribution is 5.22. The molecule has 0 aromatic heterocycles. The van der Waals surface area contributed by atoms with Gasteiger partial charge in [-0.15, -0.1) is 0 Å². The second kappa shape index (κ2) is 11.9. The molecule has 0 radical (unpaired) electrons. The molecular formula is C24H34FN. The van der Waals surface area contributed by atoms with Crippen molar-refractivity contribution in [3.63, 3.8) is 0 Å². The summed E-state index contributed by atoms with van der Waals surface area (Å²) in [6.07, 6.45) is 16.0. The van der Waals surface area contributed by atoms with Gasteiger partial charge in [0.25, 0.3) is 0 Å². The molecule has 0 amide bonds. The van der Waals surface area contributed by atoms with Crippen molar-refractivity contribution in [3.8, 4) is 6.07 Å². The van der Waals surface area contributed by atoms with E-state index in [0.717, 1.165) is 18.3 Å². The number of hydrogen-bond acceptors (Lipinski definition) is 1. The lowest BCUT2D eigenvalue weighted by atomic mass is 9.78. The van der Waals surface area contributed by atoms with E-state index < -0.39 is 5.83 Å². The van der Waals surface area contributed by atoms with Crippen molar-refractivity contribution >= 4 is 0 Å². The van der Waals surface area contributed by atoms with Crippen LogP contribution in [-0.4, -0.2) is 0 Å². The zero-order valence-electron chi connectivity index (χ0n) is 16.4. The van der Waals surface area contributed by atoms with E-state index in [2.05, 4.69) is 31.2 Å². The van der Waals surface area contributed by atoms with Crippen molar-refractivity contribution < 1.29 is 4.39 Å². The van der Waals surface area contributed by atoms with Crippen molar-refractivity contribution in [2.24, 2.45) is 11.8 Å². The van der Waals surface area contributed by atoms with Crippen molar-refractivity contribution in [2.45, 2.75) is 84.0 Å². The molecule has 0 aliphatic heterocycles. The molecule has 0 bridgehead atoms. The van der Waals surface area contributed by atoms with Crippen molar-refractivity contribution in [3.05, 3.63) is 47.3 Å². The number of allylic oxidation sites excluding steroid dienone is 2. The first-order valence-electron chi connectivity index (χ1n) is 10.5. The first-order valence-corrected chi connectivity index (χ1v) is 10.5. The molecule has 1 aliphatic rings. The molecule has 0 heterocycles. The summed E-state index contributed by atoms with van der Waals surface area (Å²) in [5.74, 6) is 0.999. The largest absolute Gasteiger partial charge is 0.196 e. The average molecular weight is 356 g/mol. The molecule has 1 saturated carbocycles. The Labute approximate surface area is 159 Å². The normalized spacial score (nSPS) is 20.7. The number of unbranched alkanes of at least 4 members (excludes halogenated alkanes) is 1. The molecule has 0 saturated heterocycles. The Bertz CT molecular complexity index is 573. The monoisotopic (exact) mass is 355 g/mol. The fourth-order valence-corrected chi connectivity index (χ4v) is 4.22. The summed E-state index contributed by atoms with van der Waals surface area (Å²) >= 11 is 0. The average Bonchev–Trinajstić information content (AvgIpc) is 2.67. The van der Waals surface area contributed by atoms with E-state index in [9.17, 15) is 4.39 Å². The van der Waals surface area contributed by atoms with Crippen LogP contribution in [0, 0.1) is 23.2 Å². The predicted octanol–water partition coefficient (Wildman–Crippen LogP) is 7.32. The molecule has 0 spiro atoms. The minimum atomic E-state index is -0.626. The highest BCUT2D eigenvalue weighted by Crippen LogP contribution is 2.34. The first-order chi connectivity index (χ1) is 12.7. The van der Waals surface area contributed by atoms with E-state index in [0.29, 0.717) is 6.42 Å². The molecule has 2 rings (SSSR count). The molecule has 142 valence electrons. The Morgan fingerprint density at radius 3 is 2.15 bits per heavy atom. The van der Waals surface area contributed by atoms with Gasteiger partial charge in [0.15, 0.2) is 5.83 Å². The van der Waals surface area contributed by atoms with Crippen molar-refractivity contribution in [2.75, 3.05) is 0 Å². The Morgan fingerprint density at radius 1 is 1.00 bits per heavy atom. The van der Waals surface area contributed by atoms with Crippen molar-refractivity contribution in [1.82, 2.24) is 0 Å². The van der Waals surface area contributed by atoms with E-state index in [-0.39, 0.29) is 0 Å². The van der Waals surface area contributed by atoms with E-state index in [1.165, 1.54) is 81.4 Å². The number of rotatable bonds is 10. The molecular weight excluding hydrogens is 321 g/mol. The quantitative estimate of drug-likeness (QED) is 0.319. The summed E-state index contributed by atoms with van der Waals surface area (Å²) in [6.45, 7) is 2.23. The maximum Gasteiger partial charge on any atom is 0.196 e. The molecule has 0 unspecified atom stereocenters. The molecule has 2 heteroatoms. The summed E-state index contributed by atoms with van der Waals surface area (Å²) in [5, 5.41) is 8.42. The van der Waals surface area contributed by atoms with Crippen LogP contribution >= 0.6 is 0 Å². The third-order valence-electron chi connectivity index (χ3n) is 5.86. The van der Waals surface area contributed by atoms with E-state index in [1.54, 1.807) is 6.07 Å². The highest BCUT2D eigenvalue weighted by atomic mass is 19.1. The van der Waals surface area contributed by atoms with Crippen LogP contribution in [0.3, 0.4) is 0 Å². The van der Waals surface area contributed by atoms with Gasteiger partial charge in [0.05, 0.1) is 0 Å². The lowest BCUT2D eigenvalue weighted by Gasteiger charge is -2.28. The molecule has 1 fully saturated rings. The van der Waals surface area contributed by atoms with E-state index >= 15 is 0 Å². The number of nitrogens with zero attached hydrogens (tertiary/aromatic N) is 1. The van der Waals surface area contributed by atoms with Crippen LogP contribution in [-0.2, 0) is 12.8 Å². The number of nitriles is 1. The Kier molecular flexibility index (Phi) is 9.46. The number of hydrogen-bond donors (Lipinski definition) is 0. The smallest absolute Gasteiger partial charge is 0.195 e. The van der Waals surface area contributed by atoms with Crippen LogP contribution in [0.4, 0.5) is 4.39 Å². The van der Waals surface area contributed by atoms with Crippen LogP contribution < -0.4 is 0 Å². The molecule has 1 nitrogen and oxygen atoms in total. The van der Waals surface area contributed by atoms with Gasteiger partial charge in [-0.3, -0.25) is 0 Å². The van der Waals surface area contributed by atoms with Gasteiger partial charge in [0.1, 0.15) is 6.07 Å². The summed E-state index contributed by atoms with van der Waals surface area (Å²) in [4.78, 5) is 0. The topological polar surface area (TPSA) is 23.8 Å². The Hall–Kier alpha value is -1.62. The summed E-state index contributed by atoms with van der Waals surface area (Å²) < 4.78 is 12.8. The molecule has 26 heavy (non-hydrogen) atoms.